The number of morpholine rings is 1. The highest BCUT2D eigenvalue weighted by Gasteiger charge is 2.39. The molecule has 1 amide bonds. The minimum Gasteiger partial charge on any atom is -0.472 e. The maximum Gasteiger partial charge on any atom is 0.270 e. The summed E-state index contributed by atoms with van der Waals surface area (Å²) in [6.07, 6.45) is 30.6. The Hall–Kier alpha value is -3.71. The molecule has 58 heavy (non-hydrogen) atoms. The maximum absolute atomic E-state index is 13.9. The van der Waals surface area contributed by atoms with Crippen LogP contribution in [0.25, 0.3) is 0 Å². The molecule has 2 heterocycles. The zero-order valence-corrected chi connectivity index (χ0v) is 37.6. The fourth-order valence-electron chi connectivity index (χ4n) is 6.31. The summed E-state index contributed by atoms with van der Waals surface area (Å²) in [4.78, 5) is 43.5. The maximum atomic E-state index is 13.9. The lowest BCUT2D eigenvalue weighted by molar-refractivity contribution is -0.168. The van der Waals surface area contributed by atoms with E-state index in [0.717, 1.165) is 50.3 Å². The van der Waals surface area contributed by atoms with E-state index >= 15 is 0 Å². The number of hydrogen-bond donors (Lipinski definition) is 0. The van der Waals surface area contributed by atoms with Gasteiger partial charge in [-0.05, 0) is 92.9 Å². The molecular weight excluding hydrogens is 753 g/mol. The molecule has 1 aliphatic heterocycles. The highest BCUT2D eigenvalue weighted by molar-refractivity contribution is 6.99. The highest BCUT2D eigenvalue weighted by atomic mass is 32.1. The van der Waals surface area contributed by atoms with Crippen molar-refractivity contribution in [3.8, 4) is 5.88 Å². The second-order valence-corrected chi connectivity index (χ2v) is 16.3. The zero-order chi connectivity index (χ0) is 42.8. The van der Waals surface area contributed by atoms with Crippen molar-refractivity contribution in [2.24, 2.45) is 0 Å². The van der Waals surface area contributed by atoms with Crippen molar-refractivity contribution in [1.29, 1.82) is 0 Å². The van der Waals surface area contributed by atoms with Crippen LogP contribution in [0, 0.1) is 0 Å². The molecule has 3 atom stereocenters. The van der Waals surface area contributed by atoms with E-state index in [1.165, 1.54) is 6.92 Å². The van der Waals surface area contributed by atoms with Gasteiger partial charge in [-0.1, -0.05) is 86.8 Å². The van der Waals surface area contributed by atoms with Crippen LogP contribution in [0.3, 0.4) is 0 Å². The second-order valence-electron chi connectivity index (χ2n) is 15.8. The van der Waals surface area contributed by atoms with E-state index in [4.69, 9.17) is 18.9 Å². The number of hydrogen-bond acceptors (Lipinski definition) is 11. The van der Waals surface area contributed by atoms with E-state index < -0.39 is 29.5 Å². The molecule has 0 bridgehead atoms. The van der Waals surface area contributed by atoms with Gasteiger partial charge in [-0.2, -0.15) is 4.37 Å². The number of allylic oxidation sites excluding steroid dienone is 12. The predicted octanol–water partition coefficient (Wildman–Crippen LogP) is 9.36. The fraction of sp³-hybridized carbons (Fsp3) is 0.630. The van der Waals surface area contributed by atoms with E-state index in [2.05, 4.69) is 87.4 Å². The lowest BCUT2D eigenvalue weighted by atomic mass is 9.98. The van der Waals surface area contributed by atoms with Gasteiger partial charge in [0.2, 0.25) is 11.7 Å². The number of nitrogens with zero attached hydrogens (tertiary/aromatic N) is 4. The standard InChI is InChI=1S/C46H72N4O7S/c1-10-12-13-14-15-16-17-18-19-20-21-22-23-24-25-26-27-28-29-30-40(52)41(11-2)56-37(3)42(53)46(8,9)57-39(35-50(38(4)51)45(5,6)7)36-55-44-43(47-58-48-44)49-31-33-54-34-32-49/h12-13,15-16,18-19,21-22,24-25,27-28,37,39,41H,10-11,14,17,20,23,26,29-36H2,1-9H3/b13-12-,16-15-,19-18-,22-21-,25-24-,28-27-/t37?,39-,41?/m0/s1. The van der Waals surface area contributed by atoms with Crippen LogP contribution >= 0.6 is 11.7 Å². The molecule has 0 saturated carbocycles. The molecule has 0 aromatic carbocycles. The molecule has 2 unspecified atom stereocenters. The summed E-state index contributed by atoms with van der Waals surface area (Å²) in [5, 5.41) is 0. The molecule has 1 aromatic heterocycles. The number of carbonyl (C=O) groups excluding carboxylic acids is 3. The Kier molecular flexibility index (Phi) is 24.2. The molecule has 0 radical (unpaired) electrons. The van der Waals surface area contributed by atoms with Crippen LogP contribution in [0.15, 0.2) is 72.9 Å². The van der Waals surface area contributed by atoms with E-state index in [9.17, 15) is 14.4 Å². The number of aromatic nitrogens is 2. The number of amides is 1. The Morgan fingerprint density at radius 3 is 1.86 bits per heavy atom. The van der Waals surface area contributed by atoms with Gasteiger partial charge in [0.05, 0.1) is 31.5 Å². The van der Waals surface area contributed by atoms with Crippen molar-refractivity contribution in [3.63, 3.8) is 0 Å². The van der Waals surface area contributed by atoms with Crippen LogP contribution in [0.1, 0.15) is 120 Å². The van der Waals surface area contributed by atoms with E-state index in [1.807, 2.05) is 33.8 Å². The van der Waals surface area contributed by atoms with Gasteiger partial charge in [-0.25, -0.2) is 0 Å². The van der Waals surface area contributed by atoms with Crippen molar-refractivity contribution in [2.45, 2.75) is 150 Å². The third-order valence-electron chi connectivity index (χ3n) is 9.41. The Morgan fingerprint density at radius 1 is 0.828 bits per heavy atom. The molecule has 12 heteroatoms. The summed E-state index contributed by atoms with van der Waals surface area (Å²) in [5.74, 6) is 0.538. The summed E-state index contributed by atoms with van der Waals surface area (Å²) in [6, 6.07) is 0. The third-order valence-corrected chi connectivity index (χ3v) is 9.91. The number of ketones is 2. The number of Topliss-reactive ketones (excluding diaryl/α,β-unsaturated/α-hetero) is 2. The monoisotopic (exact) mass is 825 g/mol. The Bertz CT molecular complexity index is 1530. The first-order valence-corrected chi connectivity index (χ1v) is 21.8. The van der Waals surface area contributed by atoms with Crippen molar-refractivity contribution in [1.82, 2.24) is 13.6 Å². The van der Waals surface area contributed by atoms with Gasteiger partial charge in [0.1, 0.15) is 30.5 Å². The first-order chi connectivity index (χ1) is 27.7. The van der Waals surface area contributed by atoms with E-state index in [1.54, 1.807) is 25.7 Å². The molecule has 1 aliphatic rings. The van der Waals surface area contributed by atoms with E-state index in [-0.39, 0.29) is 30.6 Å². The van der Waals surface area contributed by atoms with Gasteiger partial charge in [0.25, 0.3) is 5.88 Å². The molecule has 0 aliphatic carbocycles. The molecule has 0 N–H and O–H groups in total. The van der Waals surface area contributed by atoms with Crippen molar-refractivity contribution in [3.05, 3.63) is 72.9 Å². The van der Waals surface area contributed by atoms with Gasteiger partial charge in [0, 0.05) is 32.0 Å². The molecule has 1 fully saturated rings. The van der Waals surface area contributed by atoms with Crippen LogP contribution in [0.5, 0.6) is 5.88 Å². The average Bonchev–Trinajstić information content (AvgIpc) is 3.66. The van der Waals surface area contributed by atoms with Crippen LogP contribution in [0.4, 0.5) is 5.82 Å². The van der Waals surface area contributed by atoms with Gasteiger partial charge in [0.15, 0.2) is 11.6 Å². The SMILES string of the molecule is CC/C=C\C/C=C\C/C=C\C/C=C\C/C=C\C/C=C\CCC(=O)C(CC)OC(C)C(=O)C(C)(C)O[C@H](COc1nsnc1N1CCOCC1)CN(C(C)=O)C(C)(C)C. The van der Waals surface area contributed by atoms with Crippen molar-refractivity contribution >= 4 is 35.0 Å². The van der Waals surface area contributed by atoms with Crippen LogP contribution in [0.2, 0.25) is 0 Å². The normalized spacial score (nSPS) is 16.1. The molecule has 1 aromatic rings. The van der Waals surface area contributed by atoms with Gasteiger partial charge < -0.3 is 28.7 Å². The molecule has 2 rings (SSSR count). The molecule has 1 saturated heterocycles. The van der Waals surface area contributed by atoms with Gasteiger partial charge >= 0.3 is 0 Å². The number of anilines is 1. The molecule has 324 valence electrons. The minimum absolute atomic E-state index is 0.0270. The van der Waals surface area contributed by atoms with Crippen molar-refractivity contribution in [2.75, 3.05) is 44.4 Å². The summed E-state index contributed by atoms with van der Waals surface area (Å²) in [5.41, 5.74) is -1.83. The summed E-state index contributed by atoms with van der Waals surface area (Å²) >= 11 is 1.06. The third kappa shape index (κ3) is 19.8. The minimum atomic E-state index is -1.32. The summed E-state index contributed by atoms with van der Waals surface area (Å²) < 4.78 is 33.1. The topological polar surface area (TPSA) is 120 Å². The Balaban J connectivity index is 1.87. The Labute approximate surface area is 353 Å². The summed E-state index contributed by atoms with van der Waals surface area (Å²) in [7, 11) is 0. The zero-order valence-electron chi connectivity index (χ0n) is 36.8. The number of carbonyl (C=O) groups is 3. The van der Waals surface area contributed by atoms with Crippen LogP contribution in [-0.2, 0) is 28.6 Å². The second kappa shape index (κ2) is 27.9. The predicted molar refractivity (Wildman–Crippen MR) is 237 cm³/mol. The first-order valence-electron chi connectivity index (χ1n) is 21.1. The van der Waals surface area contributed by atoms with Gasteiger partial charge in [-0.3, -0.25) is 14.4 Å². The van der Waals surface area contributed by atoms with Gasteiger partial charge in [-0.15, -0.1) is 4.37 Å². The lowest BCUT2D eigenvalue weighted by Crippen LogP contribution is -2.53. The number of ether oxygens (including phenoxy) is 4. The lowest BCUT2D eigenvalue weighted by Gasteiger charge is -2.39. The van der Waals surface area contributed by atoms with E-state index in [0.29, 0.717) is 57.3 Å². The molecular formula is C46H72N4O7S. The van der Waals surface area contributed by atoms with Crippen LogP contribution in [-0.4, -0.2) is 100 Å². The molecule has 11 nitrogen and oxygen atoms in total. The average molecular weight is 825 g/mol. The van der Waals surface area contributed by atoms with Crippen molar-refractivity contribution < 1.29 is 33.3 Å². The highest BCUT2D eigenvalue weighted by Crippen LogP contribution is 2.28. The fourth-order valence-corrected chi connectivity index (χ4v) is 6.83. The number of rotatable bonds is 28. The quantitative estimate of drug-likeness (QED) is 0.0757. The molecule has 0 spiro atoms. The smallest absolute Gasteiger partial charge is 0.270 e. The summed E-state index contributed by atoms with van der Waals surface area (Å²) in [6.45, 7) is 19.2. The largest absolute Gasteiger partial charge is 0.472 e. The first kappa shape index (κ1) is 50.4. The van der Waals surface area contributed by atoms with Crippen LogP contribution < -0.4 is 9.64 Å². The Morgan fingerprint density at radius 2 is 1.36 bits per heavy atom.